The van der Waals surface area contributed by atoms with Crippen molar-refractivity contribution in [2.24, 2.45) is 5.92 Å². The number of hydrogen-bond donors (Lipinski definition) is 2. The largest absolute Gasteiger partial charge is 0.496 e. The average Bonchev–Trinajstić information content (AvgIpc) is 3.56. The van der Waals surface area contributed by atoms with Gasteiger partial charge in [0.1, 0.15) is 23.4 Å². The van der Waals surface area contributed by atoms with Crippen molar-refractivity contribution in [3.05, 3.63) is 60.2 Å². The molecule has 2 aromatic carbocycles. The number of hydrogen-bond acceptors (Lipinski definition) is 7. The number of carboxylic acid groups (broad SMARTS) is 1. The number of aryl methyl sites for hydroxylation is 1. The lowest BCUT2D eigenvalue weighted by Gasteiger charge is -2.29. The lowest BCUT2D eigenvalue weighted by molar-refractivity contribution is -0.144. The van der Waals surface area contributed by atoms with Gasteiger partial charge in [0, 0.05) is 37.1 Å². The number of fused-ring (bicyclic) bond motifs is 3. The molecule has 3 heterocycles. The van der Waals surface area contributed by atoms with Crippen LogP contribution in [0.25, 0.3) is 22.3 Å². The molecule has 4 atom stereocenters. The highest BCUT2D eigenvalue weighted by Crippen LogP contribution is 2.45. The van der Waals surface area contributed by atoms with Crippen molar-refractivity contribution in [1.29, 1.82) is 0 Å². The van der Waals surface area contributed by atoms with E-state index in [9.17, 15) is 19.5 Å². The van der Waals surface area contributed by atoms with E-state index in [2.05, 4.69) is 5.32 Å². The minimum atomic E-state index is -1.36. The lowest BCUT2D eigenvalue weighted by atomic mass is 10.1. The number of carboxylic acids is 1. The molecule has 3 aromatic rings. The zero-order chi connectivity index (χ0) is 31.0. The van der Waals surface area contributed by atoms with Crippen molar-refractivity contribution >= 4 is 28.8 Å². The second-order valence-corrected chi connectivity index (χ2v) is 11.9. The Morgan fingerprint density at radius 1 is 1.11 bits per heavy atom. The van der Waals surface area contributed by atoms with Crippen LogP contribution in [-0.4, -0.2) is 87.7 Å². The number of ether oxygens (including phenoxy) is 2. The molecule has 0 spiro atoms. The summed E-state index contributed by atoms with van der Waals surface area (Å²) < 4.78 is 12.1. The molecule has 44 heavy (non-hydrogen) atoms. The third-order valence-electron chi connectivity index (χ3n) is 8.93. The van der Waals surface area contributed by atoms with E-state index in [0.717, 1.165) is 30.4 Å². The number of aliphatic carboxylic acids is 1. The van der Waals surface area contributed by atoms with E-state index in [4.69, 9.17) is 19.4 Å². The summed E-state index contributed by atoms with van der Waals surface area (Å²) >= 11 is 0. The van der Waals surface area contributed by atoms with Crippen LogP contribution >= 0.6 is 0 Å². The lowest BCUT2D eigenvalue weighted by Crippen LogP contribution is -2.54. The van der Waals surface area contributed by atoms with E-state index in [1.165, 1.54) is 4.90 Å². The van der Waals surface area contributed by atoms with Crippen molar-refractivity contribution in [2.75, 3.05) is 27.2 Å². The first-order chi connectivity index (χ1) is 21.2. The molecule has 230 valence electrons. The number of benzene rings is 2. The quantitative estimate of drug-likeness (QED) is 0.417. The summed E-state index contributed by atoms with van der Waals surface area (Å²) in [6, 6.07) is 12.1. The van der Waals surface area contributed by atoms with Gasteiger partial charge in [-0.1, -0.05) is 42.5 Å². The number of urea groups is 1. The fourth-order valence-electron chi connectivity index (χ4n) is 6.27. The van der Waals surface area contributed by atoms with Gasteiger partial charge in [-0.05, 0) is 44.7 Å². The minimum absolute atomic E-state index is 0.145. The molecule has 6 rings (SSSR count). The van der Waals surface area contributed by atoms with Crippen LogP contribution in [0.15, 0.2) is 54.6 Å². The van der Waals surface area contributed by atoms with Crippen LogP contribution < -0.4 is 14.8 Å². The summed E-state index contributed by atoms with van der Waals surface area (Å²) in [6.07, 6.45) is 6.27. The van der Waals surface area contributed by atoms with Gasteiger partial charge in [0.25, 0.3) is 0 Å². The zero-order valence-corrected chi connectivity index (χ0v) is 25.2. The highest BCUT2D eigenvalue weighted by atomic mass is 16.5. The van der Waals surface area contributed by atoms with Crippen molar-refractivity contribution < 1.29 is 29.0 Å². The Kier molecular flexibility index (Phi) is 7.87. The zero-order valence-electron chi connectivity index (χ0n) is 25.2. The number of aromatic nitrogens is 2. The normalized spacial score (nSPS) is 25.6. The molecule has 4 unspecified atom stereocenters. The maximum atomic E-state index is 13.7. The van der Waals surface area contributed by atoms with E-state index < -0.39 is 29.6 Å². The SMILES string of the molecule is COc1ccc2c(OC3CC4C(=O)NC5(C(=O)O)CC5C=CCCCCN(C)C(=O)N4C3)nc(-c3ccccc3)nc2c1C. The highest BCUT2D eigenvalue weighted by molar-refractivity contribution is 5.95. The molecule has 1 aliphatic carbocycles. The molecule has 3 aliphatic rings. The molecular weight excluding hydrogens is 562 g/mol. The Morgan fingerprint density at radius 3 is 2.66 bits per heavy atom. The second-order valence-electron chi connectivity index (χ2n) is 11.9. The fourth-order valence-corrected chi connectivity index (χ4v) is 6.27. The van der Waals surface area contributed by atoms with Gasteiger partial charge in [0.15, 0.2) is 5.82 Å². The van der Waals surface area contributed by atoms with Gasteiger partial charge in [-0.15, -0.1) is 0 Å². The van der Waals surface area contributed by atoms with Crippen LogP contribution in [0.1, 0.15) is 37.7 Å². The predicted molar refractivity (Wildman–Crippen MR) is 163 cm³/mol. The Hall–Kier alpha value is -4.67. The number of nitrogens with one attached hydrogen (secondary N) is 1. The maximum absolute atomic E-state index is 13.7. The van der Waals surface area contributed by atoms with Gasteiger partial charge in [0.05, 0.1) is 24.6 Å². The van der Waals surface area contributed by atoms with Gasteiger partial charge in [0.2, 0.25) is 11.8 Å². The first kappa shape index (κ1) is 29.4. The van der Waals surface area contributed by atoms with E-state index in [-0.39, 0.29) is 24.9 Å². The number of allylic oxidation sites excluding steroid dienone is 1. The molecule has 1 saturated heterocycles. The monoisotopic (exact) mass is 599 g/mol. The maximum Gasteiger partial charge on any atom is 0.330 e. The molecule has 1 aromatic heterocycles. The first-order valence-electron chi connectivity index (χ1n) is 15.0. The summed E-state index contributed by atoms with van der Waals surface area (Å²) in [5.41, 5.74) is 0.963. The number of carbonyl (C=O) groups excluding carboxylic acids is 2. The number of methoxy groups -OCH3 is 1. The minimum Gasteiger partial charge on any atom is -0.496 e. The fraction of sp³-hybridized carbons (Fsp3) is 0.424. The van der Waals surface area contributed by atoms with E-state index in [1.807, 2.05) is 61.5 Å². The second kappa shape index (κ2) is 11.8. The number of rotatable bonds is 5. The van der Waals surface area contributed by atoms with Gasteiger partial charge in [-0.3, -0.25) is 4.79 Å². The first-order valence-corrected chi connectivity index (χ1v) is 15.0. The summed E-state index contributed by atoms with van der Waals surface area (Å²) in [6.45, 7) is 2.62. The van der Waals surface area contributed by atoms with Crippen LogP contribution in [0.4, 0.5) is 4.79 Å². The molecule has 0 radical (unpaired) electrons. The molecular formula is C33H37N5O6. The van der Waals surface area contributed by atoms with Gasteiger partial charge in [-0.25, -0.2) is 14.6 Å². The Labute approximate surface area is 255 Å². The summed E-state index contributed by atoms with van der Waals surface area (Å²) in [5.74, 6) is -0.344. The van der Waals surface area contributed by atoms with Crippen molar-refractivity contribution in [3.8, 4) is 23.0 Å². The van der Waals surface area contributed by atoms with Crippen molar-refractivity contribution in [3.63, 3.8) is 0 Å². The molecule has 2 fully saturated rings. The molecule has 11 nitrogen and oxygen atoms in total. The van der Waals surface area contributed by atoms with Crippen molar-refractivity contribution in [2.45, 2.75) is 56.7 Å². The molecule has 0 bridgehead atoms. The summed E-state index contributed by atoms with van der Waals surface area (Å²) in [4.78, 5) is 52.4. The molecule has 11 heteroatoms. The third-order valence-corrected chi connectivity index (χ3v) is 8.93. The Morgan fingerprint density at radius 2 is 1.91 bits per heavy atom. The summed E-state index contributed by atoms with van der Waals surface area (Å²) in [5, 5.41) is 13.5. The number of nitrogens with zero attached hydrogens (tertiary/aromatic N) is 4. The topological polar surface area (TPSA) is 134 Å². The van der Waals surface area contributed by atoms with Gasteiger partial charge >= 0.3 is 12.0 Å². The van der Waals surface area contributed by atoms with Crippen LogP contribution in [-0.2, 0) is 9.59 Å². The van der Waals surface area contributed by atoms with Crippen LogP contribution in [0.5, 0.6) is 11.6 Å². The van der Waals surface area contributed by atoms with Crippen LogP contribution in [0.2, 0.25) is 0 Å². The molecule has 1 saturated carbocycles. The van der Waals surface area contributed by atoms with Gasteiger partial charge in [-0.2, -0.15) is 4.98 Å². The molecule has 2 aliphatic heterocycles. The van der Waals surface area contributed by atoms with E-state index in [1.54, 1.807) is 19.1 Å². The smallest absolute Gasteiger partial charge is 0.330 e. The standard InChI is InChI=1S/C33H37N5O6/c1-20-26(43-3)15-14-24-27(20)34-28(21-11-7-6-8-12-21)35-30(24)44-23-17-25-29(39)36-33(31(40)41)18-22(33)13-9-4-5-10-16-37(2)32(42)38(25)19-23/h6-9,11-15,22-23,25H,4-5,10,16-19H2,1-3H3,(H,36,39)(H,40,41). The molecule has 3 amide bonds. The van der Waals surface area contributed by atoms with Crippen molar-refractivity contribution in [1.82, 2.24) is 25.1 Å². The van der Waals surface area contributed by atoms with Gasteiger partial charge < -0.3 is 29.7 Å². The third kappa shape index (κ3) is 5.42. The predicted octanol–water partition coefficient (Wildman–Crippen LogP) is 4.19. The van der Waals surface area contributed by atoms with E-state index in [0.29, 0.717) is 41.3 Å². The average molecular weight is 600 g/mol. The highest BCUT2D eigenvalue weighted by Gasteiger charge is 2.61. The van der Waals surface area contributed by atoms with E-state index >= 15 is 0 Å². The van der Waals surface area contributed by atoms with Crippen LogP contribution in [0.3, 0.4) is 0 Å². The number of amides is 3. The Balaban J connectivity index is 1.34. The Bertz CT molecular complexity index is 1630. The number of carbonyl (C=O) groups is 3. The van der Waals surface area contributed by atoms with Crippen LogP contribution in [0, 0.1) is 12.8 Å². The molecule has 2 N–H and O–H groups in total. The summed E-state index contributed by atoms with van der Waals surface area (Å²) in [7, 11) is 3.33.